The molecule has 0 spiro atoms. The molecule has 0 aliphatic carbocycles. The molecule has 1 aromatic carbocycles. The van der Waals surface area contributed by atoms with Crippen molar-refractivity contribution in [2.75, 3.05) is 24.6 Å². The molecule has 1 aliphatic rings. The van der Waals surface area contributed by atoms with Crippen molar-refractivity contribution in [3.05, 3.63) is 46.5 Å². The molecule has 142 valence electrons. The molecule has 2 N–H and O–H groups in total. The quantitative estimate of drug-likeness (QED) is 0.826. The fraction of sp³-hybridized carbons (Fsp3) is 0.500. The third kappa shape index (κ3) is 4.19. The monoisotopic (exact) mass is 386 g/mol. The maximum absolute atomic E-state index is 12.9. The van der Waals surface area contributed by atoms with Gasteiger partial charge >= 0.3 is 6.18 Å². The first-order chi connectivity index (χ1) is 12.3. The molecule has 0 unspecified atom stereocenters. The van der Waals surface area contributed by atoms with Gasteiger partial charge in [0.05, 0.1) is 17.9 Å². The highest BCUT2D eigenvalue weighted by molar-refractivity contribution is 7.13. The summed E-state index contributed by atoms with van der Waals surface area (Å²) in [6.07, 6.45) is -2.59. The van der Waals surface area contributed by atoms with Gasteiger partial charge in [0, 0.05) is 30.5 Å². The van der Waals surface area contributed by atoms with E-state index in [2.05, 4.69) is 9.88 Å². The fourth-order valence-electron chi connectivity index (χ4n) is 3.37. The number of halogens is 3. The Kier molecular flexibility index (Phi) is 5.55. The Labute approximate surface area is 153 Å². The van der Waals surface area contributed by atoms with Gasteiger partial charge in [-0.3, -0.25) is 0 Å². The van der Waals surface area contributed by atoms with Crippen molar-refractivity contribution < 1.29 is 23.4 Å². The summed E-state index contributed by atoms with van der Waals surface area (Å²) >= 11 is 1.46. The van der Waals surface area contributed by atoms with Gasteiger partial charge in [-0.05, 0) is 30.9 Å². The van der Waals surface area contributed by atoms with Crippen LogP contribution in [0.25, 0.3) is 0 Å². The van der Waals surface area contributed by atoms with Crippen LogP contribution in [0.4, 0.5) is 18.3 Å². The molecular weight excluding hydrogens is 365 g/mol. The molecule has 8 heteroatoms. The molecule has 2 aromatic rings. The lowest BCUT2D eigenvalue weighted by molar-refractivity contribution is -0.137. The zero-order chi connectivity index (χ0) is 18.8. The number of rotatable bonds is 5. The fourth-order valence-corrected chi connectivity index (χ4v) is 4.24. The highest BCUT2D eigenvalue weighted by Crippen LogP contribution is 2.38. The molecule has 1 saturated heterocycles. The summed E-state index contributed by atoms with van der Waals surface area (Å²) in [7, 11) is 0. The lowest BCUT2D eigenvalue weighted by Gasteiger charge is -2.41. The second-order valence-electron chi connectivity index (χ2n) is 6.80. The van der Waals surface area contributed by atoms with E-state index in [4.69, 9.17) is 5.11 Å². The second-order valence-corrected chi connectivity index (χ2v) is 7.64. The van der Waals surface area contributed by atoms with E-state index in [9.17, 15) is 18.3 Å². The van der Waals surface area contributed by atoms with Crippen molar-refractivity contribution in [3.63, 3.8) is 0 Å². The summed E-state index contributed by atoms with van der Waals surface area (Å²) in [6.45, 7) is 1.20. The molecule has 1 fully saturated rings. The lowest BCUT2D eigenvalue weighted by atomic mass is 9.74. The van der Waals surface area contributed by atoms with Crippen LogP contribution >= 0.6 is 11.3 Å². The van der Waals surface area contributed by atoms with Gasteiger partial charge in [-0.25, -0.2) is 4.98 Å². The average Bonchev–Trinajstić information content (AvgIpc) is 3.11. The summed E-state index contributed by atoms with van der Waals surface area (Å²) in [5.74, 6) is 0. The number of aliphatic hydroxyl groups is 2. The minimum atomic E-state index is -4.36. The van der Waals surface area contributed by atoms with Crippen LogP contribution in [0.2, 0.25) is 0 Å². The Morgan fingerprint density at radius 3 is 2.50 bits per heavy atom. The van der Waals surface area contributed by atoms with E-state index < -0.39 is 17.2 Å². The molecule has 0 bridgehead atoms. The number of hydrogen-bond donors (Lipinski definition) is 2. The molecule has 0 amide bonds. The van der Waals surface area contributed by atoms with Crippen LogP contribution in [-0.4, -0.2) is 34.9 Å². The van der Waals surface area contributed by atoms with E-state index in [0.717, 1.165) is 11.2 Å². The molecule has 0 radical (unpaired) electrons. The number of aliphatic hydroxyl groups excluding tert-OH is 2. The summed E-state index contributed by atoms with van der Waals surface area (Å²) in [4.78, 5) is 6.46. The van der Waals surface area contributed by atoms with Crippen molar-refractivity contribution in [2.24, 2.45) is 5.41 Å². The predicted molar refractivity (Wildman–Crippen MR) is 94.2 cm³/mol. The van der Waals surface area contributed by atoms with Gasteiger partial charge in [-0.15, -0.1) is 11.3 Å². The Hall–Kier alpha value is -1.64. The van der Waals surface area contributed by atoms with Gasteiger partial charge in [-0.2, -0.15) is 13.2 Å². The summed E-state index contributed by atoms with van der Waals surface area (Å²) in [5.41, 5.74) is 0.157. The third-order valence-corrected chi connectivity index (χ3v) is 5.92. The van der Waals surface area contributed by atoms with Crippen LogP contribution in [-0.2, 0) is 19.2 Å². The minimum Gasteiger partial charge on any atom is -0.396 e. The van der Waals surface area contributed by atoms with E-state index in [1.807, 2.05) is 5.38 Å². The number of anilines is 1. The van der Waals surface area contributed by atoms with Gasteiger partial charge in [0.1, 0.15) is 0 Å². The first kappa shape index (κ1) is 19.1. The van der Waals surface area contributed by atoms with E-state index >= 15 is 0 Å². The van der Waals surface area contributed by atoms with Gasteiger partial charge in [0.15, 0.2) is 5.13 Å². The number of hydrogen-bond acceptors (Lipinski definition) is 5. The minimum absolute atomic E-state index is 0.0587. The molecule has 0 atom stereocenters. The topological polar surface area (TPSA) is 56.6 Å². The summed E-state index contributed by atoms with van der Waals surface area (Å²) in [5, 5.41) is 21.7. The van der Waals surface area contributed by atoms with Crippen LogP contribution in [0.5, 0.6) is 0 Å². The molecule has 26 heavy (non-hydrogen) atoms. The van der Waals surface area contributed by atoms with Crippen LogP contribution in [0.1, 0.15) is 29.7 Å². The van der Waals surface area contributed by atoms with E-state index in [1.165, 1.54) is 23.5 Å². The van der Waals surface area contributed by atoms with Crippen LogP contribution in [0.15, 0.2) is 29.6 Å². The summed E-state index contributed by atoms with van der Waals surface area (Å²) < 4.78 is 38.7. The first-order valence-electron chi connectivity index (χ1n) is 8.42. The maximum atomic E-state index is 12.9. The Morgan fingerprint density at radius 1 is 1.19 bits per heavy atom. The van der Waals surface area contributed by atoms with Gasteiger partial charge in [0.2, 0.25) is 0 Å². The molecular formula is C18H21F3N2O2S. The van der Waals surface area contributed by atoms with Crippen molar-refractivity contribution >= 4 is 16.5 Å². The van der Waals surface area contributed by atoms with Crippen LogP contribution in [0, 0.1) is 5.41 Å². The molecule has 1 aliphatic heterocycles. The highest BCUT2D eigenvalue weighted by Gasteiger charge is 2.36. The Bertz CT molecular complexity index is 740. The number of alkyl halides is 3. The highest BCUT2D eigenvalue weighted by atomic mass is 32.1. The van der Waals surface area contributed by atoms with Crippen molar-refractivity contribution in [3.8, 4) is 0 Å². The van der Waals surface area contributed by atoms with Crippen molar-refractivity contribution in [2.45, 2.75) is 32.0 Å². The Balaban J connectivity index is 1.69. The SMILES string of the molecule is OCc1csc(N2CCC(CO)(Cc3cccc(C(F)(F)F)c3)CC2)n1. The molecule has 0 saturated carbocycles. The zero-order valence-corrected chi connectivity index (χ0v) is 15.0. The standard InChI is InChI=1S/C18H21F3N2O2S/c19-18(20,21)14-3-1-2-13(8-14)9-17(12-25)4-6-23(7-5-17)16-22-15(10-24)11-26-16/h1-3,8,11,24-25H,4-7,9-10,12H2. The largest absolute Gasteiger partial charge is 0.416 e. The van der Waals surface area contributed by atoms with Crippen molar-refractivity contribution in [1.82, 2.24) is 4.98 Å². The van der Waals surface area contributed by atoms with E-state index in [0.29, 0.717) is 43.6 Å². The van der Waals surface area contributed by atoms with Gasteiger partial charge in [-0.1, -0.05) is 18.2 Å². The molecule has 3 rings (SSSR count). The zero-order valence-electron chi connectivity index (χ0n) is 14.2. The average molecular weight is 386 g/mol. The third-order valence-electron chi connectivity index (χ3n) is 4.97. The van der Waals surface area contributed by atoms with Gasteiger partial charge in [0.25, 0.3) is 0 Å². The number of aromatic nitrogens is 1. The number of benzene rings is 1. The van der Waals surface area contributed by atoms with Crippen LogP contribution in [0.3, 0.4) is 0 Å². The van der Waals surface area contributed by atoms with E-state index in [1.54, 1.807) is 6.07 Å². The predicted octanol–water partition coefficient (Wildman–Crippen LogP) is 3.48. The number of nitrogens with zero attached hydrogens (tertiary/aromatic N) is 2. The van der Waals surface area contributed by atoms with Crippen molar-refractivity contribution in [1.29, 1.82) is 0 Å². The summed E-state index contributed by atoms with van der Waals surface area (Å²) in [6, 6.07) is 5.36. The van der Waals surface area contributed by atoms with Gasteiger partial charge < -0.3 is 15.1 Å². The smallest absolute Gasteiger partial charge is 0.396 e. The number of thiazole rings is 1. The molecule has 4 nitrogen and oxygen atoms in total. The van der Waals surface area contributed by atoms with Crippen LogP contribution < -0.4 is 4.90 Å². The normalized spacial score (nSPS) is 17.5. The molecule has 2 heterocycles. The lowest BCUT2D eigenvalue weighted by Crippen LogP contribution is -2.43. The Morgan fingerprint density at radius 2 is 1.92 bits per heavy atom. The maximum Gasteiger partial charge on any atom is 0.416 e. The second kappa shape index (κ2) is 7.54. The first-order valence-corrected chi connectivity index (χ1v) is 9.30. The number of piperidine rings is 1. The van der Waals surface area contributed by atoms with E-state index in [-0.39, 0.29) is 13.2 Å². The molecule has 1 aromatic heterocycles.